The molecule has 0 unspecified atom stereocenters. The summed E-state index contributed by atoms with van der Waals surface area (Å²) in [6.07, 6.45) is 0. The molecule has 0 radical (unpaired) electrons. The number of anilines is 1. The highest BCUT2D eigenvalue weighted by Gasteiger charge is 2.34. The molecule has 3 aromatic carbocycles. The number of aryl methyl sites for hydroxylation is 1. The number of amides is 2. The summed E-state index contributed by atoms with van der Waals surface area (Å²) in [5, 5.41) is 3.44. The molecule has 0 bridgehead atoms. The fraction of sp³-hybridized carbons (Fsp3) is 0.310. The summed E-state index contributed by atoms with van der Waals surface area (Å²) in [6.45, 7) is 6.30. The number of rotatable bonds is 11. The van der Waals surface area contributed by atoms with Crippen LogP contribution in [0.4, 0.5) is 5.69 Å². The number of nitrogens with zero attached hydrogens (tertiary/aromatic N) is 2. The van der Waals surface area contributed by atoms with E-state index in [9.17, 15) is 18.0 Å². The molecule has 2 amide bonds. The SMILES string of the molecule is COc1ccccc1N(CC(=O)N(Cc1c(Cl)cccc1Cl)[C@@H](C)C(=O)NC(C)C)S(=O)(=O)c1ccc(C)cc1. The second kappa shape index (κ2) is 13.4. The van der Waals surface area contributed by atoms with Crippen LogP contribution in [0.1, 0.15) is 31.9 Å². The second-order valence-corrected chi connectivity index (χ2v) is 12.2. The van der Waals surface area contributed by atoms with E-state index in [2.05, 4.69) is 5.32 Å². The minimum absolute atomic E-state index is 0.00287. The van der Waals surface area contributed by atoms with Crippen molar-refractivity contribution in [3.63, 3.8) is 0 Å². The molecule has 0 aliphatic rings. The zero-order valence-electron chi connectivity index (χ0n) is 23.0. The highest BCUT2D eigenvalue weighted by molar-refractivity contribution is 7.92. The van der Waals surface area contributed by atoms with E-state index in [1.807, 2.05) is 6.92 Å². The maximum Gasteiger partial charge on any atom is 0.264 e. The number of carbonyl (C=O) groups is 2. The molecule has 214 valence electrons. The third-order valence-corrected chi connectivity index (χ3v) is 8.71. The van der Waals surface area contributed by atoms with Crippen molar-refractivity contribution in [3.05, 3.63) is 87.9 Å². The van der Waals surface area contributed by atoms with E-state index in [4.69, 9.17) is 27.9 Å². The monoisotopic (exact) mass is 605 g/mol. The first kappa shape index (κ1) is 31.3. The zero-order valence-corrected chi connectivity index (χ0v) is 25.3. The Morgan fingerprint density at radius 1 is 0.925 bits per heavy atom. The summed E-state index contributed by atoms with van der Waals surface area (Å²) in [5.41, 5.74) is 1.49. The van der Waals surface area contributed by atoms with Crippen molar-refractivity contribution in [2.24, 2.45) is 0 Å². The van der Waals surface area contributed by atoms with E-state index in [-0.39, 0.29) is 28.9 Å². The third-order valence-electron chi connectivity index (χ3n) is 6.23. The number of hydrogen-bond acceptors (Lipinski definition) is 5. The van der Waals surface area contributed by atoms with Gasteiger partial charge in [-0.05, 0) is 64.1 Å². The number of ether oxygens (including phenoxy) is 1. The fourth-order valence-corrected chi connectivity index (χ4v) is 5.97. The Morgan fingerprint density at radius 2 is 1.52 bits per heavy atom. The van der Waals surface area contributed by atoms with Crippen LogP contribution in [0.3, 0.4) is 0 Å². The largest absolute Gasteiger partial charge is 0.495 e. The Balaban J connectivity index is 2.11. The Morgan fingerprint density at radius 3 is 2.10 bits per heavy atom. The molecule has 0 aliphatic heterocycles. The predicted molar refractivity (Wildman–Crippen MR) is 158 cm³/mol. The van der Waals surface area contributed by atoms with Gasteiger partial charge in [-0.15, -0.1) is 0 Å². The van der Waals surface area contributed by atoms with Crippen LogP contribution >= 0.6 is 23.2 Å². The first-order valence-corrected chi connectivity index (χ1v) is 14.8. The normalized spacial score (nSPS) is 12.1. The smallest absolute Gasteiger partial charge is 0.264 e. The van der Waals surface area contributed by atoms with Crippen LogP contribution < -0.4 is 14.4 Å². The van der Waals surface area contributed by atoms with E-state index in [1.54, 1.807) is 75.4 Å². The van der Waals surface area contributed by atoms with Gasteiger partial charge in [0.15, 0.2) is 0 Å². The van der Waals surface area contributed by atoms with Crippen molar-refractivity contribution >= 4 is 50.7 Å². The van der Waals surface area contributed by atoms with Gasteiger partial charge in [0, 0.05) is 28.2 Å². The number of carbonyl (C=O) groups excluding carboxylic acids is 2. The third kappa shape index (κ3) is 7.27. The van der Waals surface area contributed by atoms with Crippen LogP contribution in [-0.2, 0) is 26.2 Å². The molecule has 3 aromatic rings. The number of nitrogens with one attached hydrogen (secondary N) is 1. The summed E-state index contributed by atoms with van der Waals surface area (Å²) in [5.74, 6) is -0.780. The average Bonchev–Trinajstić information content (AvgIpc) is 2.91. The average molecular weight is 607 g/mol. The maximum absolute atomic E-state index is 14.0. The van der Waals surface area contributed by atoms with Crippen molar-refractivity contribution in [1.82, 2.24) is 10.2 Å². The minimum Gasteiger partial charge on any atom is -0.495 e. The summed E-state index contributed by atoms with van der Waals surface area (Å²) in [7, 11) is -2.82. The lowest BCUT2D eigenvalue weighted by Crippen LogP contribution is -2.52. The van der Waals surface area contributed by atoms with Crippen molar-refractivity contribution in [2.45, 2.75) is 51.2 Å². The fourth-order valence-electron chi connectivity index (χ4n) is 4.03. The lowest BCUT2D eigenvalue weighted by atomic mass is 10.1. The molecule has 0 aliphatic carbocycles. The highest BCUT2D eigenvalue weighted by Crippen LogP contribution is 2.33. The quantitative estimate of drug-likeness (QED) is 0.313. The van der Waals surface area contributed by atoms with Crippen molar-refractivity contribution in [3.8, 4) is 5.75 Å². The Bertz CT molecular complexity index is 1440. The molecule has 8 nitrogen and oxygen atoms in total. The van der Waals surface area contributed by atoms with E-state index in [0.29, 0.717) is 15.6 Å². The number of para-hydroxylation sites is 2. The van der Waals surface area contributed by atoms with Crippen LogP contribution in [-0.4, -0.2) is 50.9 Å². The molecule has 1 atom stereocenters. The molecule has 0 saturated carbocycles. The van der Waals surface area contributed by atoms with Crippen LogP contribution in [0.2, 0.25) is 10.0 Å². The molecule has 0 fully saturated rings. The van der Waals surface area contributed by atoms with Gasteiger partial charge in [0.05, 0.1) is 17.7 Å². The Kier molecular flexibility index (Phi) is 10.5. The molecule has 11 heteroatoms. The predicted octanol–water partition coefficient (Wildman–Crippen LogP) is 5.45. The minimum atomic E-state index is -4.23. The molecule has 0 spiro atoms. The zero-order chi connectivity index (χ0) is 29.6. The highest BCUT2D eigenvalue weighted by atomic mass is 35.5. The summed E-state index contributed by atoms with van der Waals surface area (Å²) < 4.78 is 34.4. The first-order chi connectivity index (χ1) is 18.9. The van der Waals surface area contributed by atoms with Gasteiger partial charge in [0.25, 0.3) is 10.0 Å². The van der Waals surface area contributed by atoms with Gasteiger partial charge in [0.1, 0.15) is 18.3 Å². The summed E-state index contributed by atoms with van der Waals surface area (Å²) in [6, 6.07) is 16.6. The molecular weight excluding hydrogens is 573 g/mol. The Hall–Kier alpha value is -3.27. The van der Waals surface area contributed by atoms with E-state index in [0.717, 1.165) is 9.87 Å². The van der Waals surface area contributed by atoms with Gasteiger partial charge in [0.2, 0.25) is 11.8 Å². The number of halogens is 2. The first-order valence-electron chi connectivity index (χ1n) is 12.6. The van der Waals surface area contributed by atoms with Crippen LogP contribution in [0, 0.1) is 6.92 Å². The van der Waals surface area contributed by atoms with Crippen molar-refractivity contribution in [2.75, 3.05) is 18.0 Å². The number of hydrogen-bond donors (Lipinski definition) is 1. The van der Waals surface area contributed by atoms with Gasteiger partial charge in [-0.2, -0.15) is 0 Å². The molecular formula is C29H33Cl2N3O5S. The molecule has 0 saturated heterocycles. The Labute approximate surface area is 245 Å². The molecule has 1 N–H and O–H groups in total. The number of sulfonamides is 1. The van der Waals surface area contributed by atoms with Crippen molar-refractivity contribution < 1.29 is 22.7 Å². The summed E-state index contributed by atoms with van der Waals surface area (Å²) >= 11 is 12.8. The topological polar surface area (TPSA) is 96.0 Å². The molecule has 40 heavy (non-hydrogen) atoms. The lowest BCUT2D eigenvalue weighted by molar-refractivity contribution is -0.139. The number of methoxy groups -OCH3 is 1. The standard InChI is InChI=1S/C29H33Cl2N3O5S/c1-19(2)32-29(36)21(4)33(17-23-24(30)9-8-10-25(23)31)28(35)18-34(26-11-6-7-12-27(26)39-5)40(37,38)22-15-13-20(3)14-16-22/h6-16,19,21H,17-18H2,1-5H3,(H,32,36)/t21-/m0/s1. The molecule has 0 heterocycles. The van der Waals surface area contributed by atoms with Gasteiger partial charge in [-0.1, -0.05) is 59.1 Å². The van der Waals surface area contributed by atoms with Crippen molar-refractivity contribution in [1.29, 1.82) is 0 Å². The number of benzene rings is 3. The molecule has 0 aromatic heterocycles. The lowest BCUT2D eigenvalue weighted by Gasteiger charge is -2.33. The van der Waals surface area contributed by atoms with Crippen LogP contribution in [0.25, 0.3) is 0 Å². The van der Waals surface area contributed by atoms with E-state index in [1.165, 1.54) is 24.1 Å². The molecule has 3 rings (SSSR count). The maximum atomic E-state index is 14.0. The van der Waals surface area contributed by atoms with Gasteiger partial charge < -0.3 is 15.0 Å². The van der Waals surface area contributed by atoms with E-state index >= 15 is 0 Å². The van der Waals surface area contributed by atoms with Gasteiger partial charge in [-0.25, -0.2) is 8.42 Å². The van der Waals surface area contributed by atoms with Crippen LogP contribution in [0.5, 0.6) is 5.75 Å². The second-order valence-electron chi connectivity index (χ2n) is 9.56. The van der Waals surface area contributed by atoms with Crippen LogP contribution in [0.15, 0.2) is 71.6 Å². The summed E-state index contributed by atoms with van der Waals surface area (Å²) in [4.78, 5) is 28.4. The van der Waals surface area contributed by atoms with Gasteiger partial charge >= 0.3 is 0 Å². The van der Waals surface area contributed by atoms with Gasteiger partial charge in [-0.3, -0.25) is 13.9 Å². The van der Waals surface area contributed by atoms with E-state index < -0.39 is 34.4 Å².